The molecule has 1 atom stereocenters. The van der Waals surface area contributed by atoms with Crippen LogP contribution in [0.15, 0.2) is 36.9 Å². The van der Waals surface area contributed by atoms with Gasteiger partial charge in [-0.3, -0.25) is 0 Å². The van der Waals surface area contributed by atoms with Crippen LogP contribution in [0.1, 0.15) is 26.3 Å². The van der Waals surface area contributed by atoms with Gasteiger partial charge in [-0.2, -0.15) is 0 Å². The molecule has 1 aromatic carbocycles. The molecule has 0 bridgehead atoms. The summed E-state index contributed by atoms with van der Waals surface area (Å²) in [4.78, 5) is 4.05. The van der Waals surface area contributed by atoms with Crippen LogP contribution in [0.4, 0.5) is 4.39 Å². The normalized spacial score (nSPS) is 13.3. The van der Waals surface area contributed by atoms with Crippen molar-refractivity contribution in [3.05, 3.63) is 48.3 Å². The summed E-state index contributed by atoms with van der Waals surface area (Å²) < 4.78 is 15.3. The summed E-state index contributed by atoms with van der Waals surface area (Å²) in [5, 5.41) is 12.9. The highest BCUT2D eigenvalue weighted by Gasteiger charge is 2.24. The average Bonchev–Trinajstić information content (AvgIpc) is 2.84. The minimum absolute atomic E-state index is 0.0413. The Hall–Kier alpha value is -1.88. The molecule has 0 aliphatic carbocycles. The van der Waals surface area contributed by atoms with Crippen LogP contribution in [-0.2, 0) is 13.1 Å². The van der Waals surface area contributed by atoms with E-state index in [0.29, 0.717) is 6.54 Å². The number of halogens is 1. The molecule has 21 heavy (non-hydrogen) atoms. The lowest BCUT2D eigenvalue weighted by Crippen LogP contribution is -2.43. The molecule has 4 nitrogen and oxygen atoms in total. The molecule has 1 heterocycles. The number of phenolic OH excluding ortho intramolecular Hbond substituents is 1. The number of nitrogens with zero attached hydrogens (tertiary/aromatic N) is 2. The largest absolute Gasteiger partial charge is 0.508 e. The number of aromatic nitrogens is 2. The number of hydrogen-bond donors (Lipinski definition) is 2. The van der Waals surface area contributed by atoms with Gasteiger partial charge in [-0.25, -0.2) is 9.37 Å². The molecule has 0 aliphatic heterocycles. The van der Waals surface area contributed by atoms with Crippen LogP contribution in [0.5, 0.6) is 5.75 Å². The molecule has 0 saturated heterocycles. The second kappa shape index (κ2) is 6.26. The number of benzene rings is 1. The monoisotopic (exact) mass is 291 g/mol. The standard InChI is InChI=1S/C16H22FN3O/c1-16(2,3)15(10-20-5-4-18-11-20)19-9-12-6-13(17)8-14(21)7-12/h4-8,11,15,19,21H,9-10H2,1-3H3. The van der Waals surface area contributed by atoms with Gasteiger partial charge in [0.15, 0.2) is 0 Å². The maximum Gasteiger partial charge on any atom is 0.127 e. The number of imidazole rings is 1. The van der Waals surface area contributed by atoms with E-state index >= 15 is 0 Å². The molecule has 0 radical (unpaired) electrons. The molecule has 0 amide bonds. The third-order valence-corrected chi connectivity index (χ3v) is 3.49. The molecule has 1 unspecified atom stereocenters. The zero-order chi connectivity index (χ0) is 15.5. The molecule has 0 fully saturated rings. The van der Waals surface area contributed by atoms with Gasteiger partial charge in [0.2, 0.25) is 0 Å². The Morgan fingerprint density at radius 2 is 2.10 bits per heavy atom. The van der Waals surface area contributed by atoms with Crippen LogP contribution >= 0.6 is 0 Å². The van der Waals surface area contributed by atoms with Gasteiger partial charge in [-0.1, -0.05) is 20.8 Å². The molecule has 5 heteroatoms. The number of nitrogens with one attached hydrogen (secondary N) is 1. The van der Waals surface area contributed by atoms with Crippen molar-refractivity contribution in [1.29, 1.82) is 0 Å². The van der Waals surface area contributed by atoms with Gasteiger partial charge in [0.1, 0.15) is 11.6 Å². The van der Waals surface area contributed by atoms with Gasteiger partial charge in [-0.05, 0) is 23.1 Å². The summed E-state index contributed by atoms with van der Waals surface area (Å²) in [6, 6.07) is 4.31. The van der Waals surface area contributed by atoms with Crippen molar-refractivity contribution in [2.45, 2.75) is 39.9 Å². The van der Waals surface area contributed by atoms with E-state index in [1.807, 2.05) is 10.8 Å². The zero-order valence-electron chi connectivity index (χ0n) is 12.7. The Kier molecular flexibility index (Phi) is 4.63. The minimum atomic E-state index is -0.422. The van der Waals surface area contributed by atoms with Crippen molar-refractivity contribution in [1.82, 2.24) is 14.9 Å². The first-order valence-electron chi connectivity index (χ1n) is 7.02. The van der Waals surface area contributed by atoms with Crippen LogP contribution in [0.2, 0.25) is 0 Å². The molecule has 2 rings (SSSR count). The second-order valence-corrected chi connectivity index (χ2v) is 6.38. The molecule has 2 aromatic rings. The quantitative estimate of drug-likeness (QED) is 0.890. The van der Waals surface area contributed by atoms with Crippen LogP contribution in [-0.4, -0.2) is 20.7 Å². The van der Waals surface area contributed by atoms with E-state index in [2.05, 4.69) is 31.1 Å². The van der Waals surface area contributed by atoms with Crippen molar-refractivity contribution in [2.24, 2.45) is 5.41 Å². The first kappa shape index (κ1) is 15.5. The van der Waals surface area contributed by atoms with Crippen molar-refractivity contribution in [3.8, 4) is 5.75 Å². The van der Waals surface area contributed by atoms with Gasteiger partial charge in [0, 0.05) is 37.6 Å². The Labute approximate surface area is 124 Å². The van der Waals surface area contributed by atoms with Crippen molar-refractivity contribution >= 4 is 0 Å². The SMILES string of the molecule is CC(C)(C)C(Cn1ccnc1)NCc1cc(O)cc(F)c1. The molecule has 114 valence electrons. The first-order chi connectivity index (χ1) is 9.84. The maximum absolute atomic E-state index is 13.3. The van der Waals surface area contributed by atoms with Gasteiger partial charge in [0.25, 0.3) is 0 Å². The molecule has 0 spiro atoms. The highest BCUT2D eigenvalue weighted by Crippen LogP contribution is 2.22. The van der Waals surface area contributed by atoms with Gasteiger partial charge in [0.05, 0.1) is 6.33 Å². The predicted molar refractivity (Wildman–Crippen MR) is 80.4 cm³/mol. The average molecular weight is 291 g/mol. The highest BCUT2D eigenvalue weighted by atomic mass is 19.1. The first-order valence-corrected chi connectivity index (χ1v) is 7.02. The summed E-state index contributed by atoms with van der Waals surface area (Å²) in [5.41, 5.74) is 0.770. The highest BCUT2D eigenvalue weighted by molar-refractivity contribution is 5.28. The van der Waals surface area contributed by atoms with Gasteiger partial charge in [-0.15, -0.1) is 0 Å². The lowest BCUT2D eigenvalue weighted by atomic mass is 9.86. The summed E-state index contributed by atoms with van der Waals surface area (Å²) in [6.45, 7) is 7.76. The van der Waals surface area contributed by atoms with E-state index in [1.54, 1.807) is 18.6 Å². The Bertz CT molecular complexity index is 555. The minimum Gasteiger partial charge on any atom is -0.508 e. The van der Waals surface area contributed by atoms with E-state index in [4.69, 9.17) is 0 Å². The smallest absolute Gasteiger partial charge is 0.127 e. The summed E-state index contributed by atoms with van der Waals surface area (Å²) in [7, 11) is 0. The van der Waals surface area contributed by atoms with E-state index in [0.717, 1.165) is 18.2 Å². The van der Waals surface area contributed by atoms with Gasteiger partial charge >= 0.3 is 0 Å². The van der Waals surface area contributed by atoms with E-state index in [1.165, 1.54) is 6.07 Å². The van der Waals surface area contributed by atoms with Crippen LogP contribution < -0.4 is 5.32 Å². The lowest BCUT2D eigenvalue weighted by Gasteiger charge is -2.32. The number of aromatic hydroxyl groups is 1. The topological polar surface area (TPSA) is 50.1 Å². The molecule has 0 saturated carbocycles. The van der Waals surface area contributed by atoms with E-state index < -0.39 is 5.82 Å². The second-order valence-electron chi connectivity index (χ2n) is 6.38. The molecule has 2 N–H and O–H groups in total. The molecule has 1 aromatic heterocycles. The zero-order valence-corrected chi connectivity index (χ0v) is 12.7. The van der Waals surface area contributed by atoms with Crippen molar-refractivity contribution < 1.29 is 9.50 Å². The third-order valence-electron chi connectivity index (χ3n) is 3.49. The summed E-state index contributed by atoms with van der Waals surface area (Å²) >= 11 is 0. The lowest BCUT2D eigenvalue weighted by molar-refractivity contribution is 0.240. The van der Waals surface area contributed by atoms with E-state index in [-0.39, 0.29) is 17.2 Å². The van der Waals surface area contributed by atoms with Crippen LogP contribution in [0, 0.1) is 11.2 Å². The van der Waals surface area contributed by atoms with Crippen molar-refractivity contribution in [2.75, 3.05) is 0 Å². The molecule has 0 aliphatic rings. The van der Waals surface area contributed by atoms with Crippen LogP contribution in [0.3, 0.4) is 0 Å². The van der Waals surface area contributed by atoms with E-state index in [9.17, 15) is 9.50 Å². The maximum atomic E-state index is 13.3. The summed E-state index contributed by atoms with van der Waals surface area (Å²) in [6.07, 6.45) is 5.47. The van der Waals surface area contributed by atoms with Crippen molar-refractivity contribution in [3.63, 3.8) is 0 Å². The Morgan fingerprint density at radius 1 is 1.33 bits per heavy atom. The van der Waals surface area contributed by atoms with Crippen LogP contribution in [0.25, 0.3) is 0 Å². The van der Waals surface area contributed by atoms with Gasteiger partial charge < -0.3 is 15.0 Å². The Morgan fingerprint density at radius 3 is 2.67 bits per heavy atom. The fraction of sp³-hybridized carbons (Fsp3) is 0.438. The number of rotatable bonds is 5. The Balaban J connectivity index is 2.05. The third kappa shape index (κ3) is 4.56. The number of phenols is 1. The molecular weight excluding hydrogens is 269 g/mol. The summed E-state index contributed by atoms with van der Waals surface area (Å²) in [5.74, 6) is -0.470. The number of hydrogen-bond acceptors (Lipinski definition) is 3. The fourth-order valence-corrected chi connectivity index (χ4v) is 2.23. The fourth-order valence-electron chi connectivity index (χ4n) is 2.23. The molecular formula is C16H22FN3O. The predicted octanol–water partition coefficient (Wildman–Crippen LogP) is 2.93.